The number of aliphatic imine (C=N–C) groups is 3. The van der Waals surface area contributed by atoms with Crippen molar-refractivity contribution in [1.29, 1.82) is 0 Å². The molecule has 0 spiro atoms. The van der Waals surface area contributed by atoms with E-state index in [4.69, 9.17) is 23.2 Å². The lowest BCUT2D eigenvalue weighted by Crippen LogP contribution is -1.89. The quantitative estimate of drug-likeness (QED) is 0.483. The second kappa shape index (κ2) is 78.9. The van der Waals surface area contributed by atoms with E-state index in [2.05, 4.69) is 27.5 Å². The van der Waals surface area contributed by atoms with Gasteiger partial charge in [-0.1, -0.05) is 14.2 Å². The third-order valence-corrected chi connectivity index (χ3v) is 1.87. The van der Waals surface area contributed by atoms with E-state index in [1.54, 1.807) is 84.3 Å². The number of hydrogen-bond acceptors (Lipinski definition) is 4. The van der Waals surface area contributed by atoms with E-state index in [0.717, 1.165) is 0 Å². The SMILES string of the molecule is C.CC=NC.CC=NC.CC=NC.[B][B]/C=C\[BH].[B][B]/C=C\[B]C.[B][B]/C=C\[B]OC. The van der Waals surface area contributed by atoms with Gasteiger partial charge in [-0.05, 0) is 39.4 Å². The summed E-state index contributed by atoms with van der Waals surface area (Å²) < 4.78 is 4.56. The van der Waals surface area contributed by atoms with Crippen molar-refractivity contribution in [3.8, 4) is 0 Å². The standard InChI is InChI=1S/C3H5B3O.C3H5B3.3C3H7N.C2H3B3.CH4/c1-7-6-3-2-5-4;1-5-2-3-6-4;3*1-3-4-2;3-1-2-5-4;/h2-3H,1H3;2-3H,1H3;3*3H,1-2H3;1-3H;1H4/b2*3-2-;;;;2-1-;. The lowest BCUT2D eigenvalue weighted by atomic mass is 9.54. The summed E-state index contributed by atoms with van der Waals surface area (Å²) >= 11 is 0. The molecule has 0 aromatic carbocycles. The van der Waals surface area contributed by atoms with Crippen LogP contribution in [0.1, 0.15) is 28.2 Å². The van der Waals surface area contributed by atoms with Gasteiger partial charge in [0, 0.05) is 51.5 Å². The zero-order chi connectivity index (χ0) is 24.7. The minimum absolute atomic E-state index is 0. The molecule has 0 rings (SSSR count). The lowest BCUT2D eigenvalue weighted by molar-refractivity contribution is 0.449. The van der Waals surface area contributed by atoms with Crippen LogP contribution in [0, 0.1) is 0 Å². The van der Waals surface area contributed by atoms with Crippen LogP contribution in [0.3, 0.4) is 0 Å². The summed E-state index contributed by atoms with van der Waals surface area (Å²) in [4.78, 5) is 10.8. The first-order valence-electron chi connectivity index (χ1n) is 9.14. The van der Waals surface area contributed by atoms with E-state index < -0.39 is 0 Å². The van der Waals surface area contributed by atoms with Crippen LogP contribution in [0.2, 0.25) is 6.82 Å². The molecule has 0 unspecified atom stereocenters. The van der Waals surface area contributed by atoms with E-state index in [-0.39, 0.29) is 7.43 Å². The van der Waals surface area contributed by atoms with Gasteiger partial charge >= 0.3 is 7.48 Å². The Kier molecular flexibility index (Phi) is 121. The van der Waals surface area contributed by atoms with Crippen molar-refractivity contribution >= 4 is 86.0 Å². The summed E-state index contributed by atoms with van der Waals surface area (Å²) in [7, 11) is 32.9. The van der Waals surface area contributed by atoms with Gasteiger partial charge in [0.15, 0.2) is 0 Å². The van der Waals surface area contributed by atoms with Gasteiger partial charge in [0.25, 0.3) is 0 Å². The molecular weight excluding hydrogens is 372 g/mol. The van der Waals surface area contributed by atoms with Gasteiger partial charge in [-0.25, -0.2) is 0 Å². The molecule has 0 aliphatic heterocycles. The zero-order valence-corrected chi connectivity index (χ0v) is 20.3. The monoisotopic (exact) mass is 411 g/mol. The third-order valence-electron chi connectivity index (χ3n) is 1.87. The van der Waals surface area contributed by atoms with Crippen LogP contribution in [0.5, 0.6) is 0 Å². The summed E-state index contributed by atoms with van der Waals surface area (Å²) in [5, 5.41) is 0. The van der Waals surface area contributed by atoms with Crippen LogP contribution in [0.15, 0.2) is 50.8 Å². The van der Waals surface area contributed by atoms with E-state index >= 15 is 0 Å². The summed E-state index contributed by atoms with van der Waals surface area (Å²) in [5.41, 5.74) is 0. The van der Waals surface area contributed by atoms with Gasteiger partial charge < -0.3 is 19.6 Å². The zero-order valence-electron chi connectivity index (χ0n) is 20.3. The molecule has 0 amide bonds. The maximum Gasteiger partial charge on any atom is 0.320 e. The van der Waals surface area contributed by atoms with E-state index in [0.29, 0.717) is 0 Å². The summed E-state index contributed by atoms with van der Waals surface area (Å²) in [6.45, 7) is 7.61. The van der Waals surface area contributed by atoms with Crippen LogP contribution in [-0.4, -0.2) is 114 Å². The Morgan fingerprint density at radius 1 is 0.710 bits per heavy atom. The van der Waals surface area contributed by atoms with Gasteiger partial charge in [-0.3, -0.25) is 0 Å². The minimum atomic E-state index is 0. The summed E-state index contributed by atoms with van der Waals surface area (Å²) in [5.74, 6) is 10.3. The first-order valence-corrected chi connectivity index (χ1v) is 9.14. The molecule has 0 aliphatic rings. The Morgan fingerprint density at radius 3 is 1.16 bits per heavy atom. The molecule has 13 heteroatoms. The molecule has 0 aromatic heterocycles. The van der Waals surface area contributed by atoms with Gasteiger partial charge in [0.2, 0.25) is 0 Å². The van der Waals surface area contributed by atoms with Crippen LogP contribution in [0.4, 0.5) is 0 Å². The molecule has 31 heavy (non-hydrogen) atoms. The van der Waals surface area contributed by atoms with Crippen LogP contribution in [-0.2, 0) is 4.65 Å². The maximum absolute atomic E-state index is 4.98. The van der Waals surface area contributed by atoms with Crippen molar-refractivity contribution in [1.82, 2.24) is 0 Å². The summed E-state index contributed by atoms with van der Waals surface area (Å²) in [6, 6.07) is 0. The van der Waals surface area contributed by atoms with E-state index in [1.165, 1.54) is 21.5 Å². The fourth-order valence-corrected chi connectivity index (χ4v) is 0.442. The third kappa shape index (κ3) is 178. The average Bonchev–Trinajstić information content (AvgIpc) is 2.80. The van der Waals surface area contributed by atoms with Crippen LogP contribution >= 0.6 is 0 Å². The topological polar surface area (TPSA) is 46.3 Å². The molecule has 4 nitrogen and oxygen atoms in total. The highest BCUT2D eigenvalue weighted by molar-refractivity contribution is 6.93. The molecule has 0 N–H and O–H groups in total. The van der Waals surface area contributed by atoms with Crippen molar-refractivity contribution in [2.24, 2.45) is 15.0 Å². The Labute approximate surface area is 204 Å². The molecule has 0 fully saturated rings. The Morgan fingerprint density at radius 2 is 1.03 bits per heavy atom. The first kappa shape index (κ1) is 47.5. The van der Waals surface area contributed by atoms with Crippen molar-refractivity contribution in [2.45, 2.75) is 35.0 Å². The van der Waals surface area contributed by atoms with E-state index in [9.17, 15) is 0 Å². The lowest BCUT2D eigenvalue weighted by Gasteiger charge is -1.80. The predicted octanol–water partition coefficient (Wildman–Crippen LogP) is 1.41. The molecule has 0 saturated carbocycles. The van der Waals surface area contributed by atoms with Crippen molar-refractivity contribution in [3.05, 3.63) is 35.9 Å². The minimum Gasteiger partial charge on any atom is -0.438 e. The second-order valence-electron chi connectivity index (χ2n) is 4.03. The molecule has 0 bridgehead atoms. The molecule has 12 radical (unpaired) electrons. The fourth-order valence-electron chi connectivity index (χ4n) is 0.442. The predicted molar refractivity (Wildman–Crippen MR) is 160 cm³/mol. The smallest absolute Gasteiger partial charge is 0.320 e. The maximum atomic E-state index is 4.98. The van der Waals surface area contributed by atoms with Gasteiger partial charge in [-0.15, -0.1) is 35.9 Å². The Balaban J connectivity index is -0.0000000450. The van der Waals surface area contributed by atoms with Crippen molar-refractivity contribution in [2.75, 3.05) is 28.3 Å². The highest BCUT2D eigenvalue weighted by atomic mass is 16.4. The molecule has 0 aliphatic carbocycles. The number of hydrogen-bond donors (Lipinski definition) is 0. The number of nitrogens with zero attached hydrogens (tertiary/aromatic N) is 3. The second-order valence-corrected chi connectivity index (χ2v) is 4.03. The van der Waals surface area contributed by atoms with Crippen molar-refractivity contribution < 1.29 is 4.65 Å². The Hall–Kier alpha value is -1.23. The first-order chi connectivity index (χ1) is 14.5. The average molecular weight is 410 g/mol. The van der Waals surface area contributed by atoms with Crippen LogP contribution in [0.25, 0.3) is 0 Å². The Bertz CT molecular complexity index is 352. The normalized spacial score (nSPS) is 8.90. The largest absolute Gasteiger partial charge is 0.438 e. The molecule has 0 heterocycles. The van der Waals surface area contributed by atoms with Gasteiger partial charge in [-0.2, -0.15) is 0 Å². The molecular formula is C18H38B9N3O. The van der Waals surface area contributed by atoms with Crippen molar-refractivity contribution in [3.63, 3.8) is 0 Å². The molecule has 158 valence electrons. The molecule has 0 atom stereocenters. The van der Waals surface area contributed by atoms with Crippen LogP contribution < -0.4 is 0 Å². The number of rotatable bonds is 6. The molecule has 0 saturated heterocycles. The fraction of sp³-hybridized carbons (Fsp3) is 0.500. The van der Waals surface area contributed by atoms with Gasteiger partial charge in [0.05, 0.1) is 21.5 Å². The van der Waals surface area contributed by atoms with Gasteiger partial charge in [0.1, 0.15) is 15.1 Å². The highest BCUT2D eigenvalue weighted by Crippen LogP contribution is 1.64. The molecule has 0 aromatic rings. The van der Waals surface area contributed by atoms with E-state index in [1.807, 2.05) is 40.8 Å². The summed E-state index contributed by atoms with van der Waals surface area (Å²) in [6.07, 6.45) is 5.25. The highest BCUT2D eigenvalue weighted by Gasteiger charge is 1.73.